The summed E-state index contributed by atoms with van der Waals surface area (Å²) in [4.78, 5) is 32.8. The summed E-state index contributed by atoms with van der Waals surface area (Å²) in [6.07, 6.45) is -10.5. The summed E-state index contributed by atoms with van der Waals surface area (Å²) in [5.41, 5.74) is -0.359. The van der Waals surface area contributed by atoms with Crippen molar-refractivity contribution in [2.24, 2.45) is 0 Å². The molecule has 0 aromatic heterocycles. The molecule has 148 valence electrons. The van der Waals surface area contributed by atoms with Crippen LogP contribution in [0.5, 0.6) is 0 Å². The van der Waals surface area contributed by atoms with Gasteiger partial charge in [-0.05, 0) is 12.1 Å². The summed E-state index contributed by atoms with van der Waals surface area (Å²) in [5.74, 6) is -3.35. The van der Waals surface area contributed by atoms with Crippen LogP contribution in [-0.4, -0.2) is 64.3 Å². The van der Waals surface area contributed by atoms with Crippen LogP contribution < -0.4 is 5.32 Å². The number of amides is 1. The van der Waals surface area contributed by atoms with Crippen molar-refractivity contribution < 1.29 is 47.4 Å². The number of aliphatic hydroxyl groups excluding tert-OH is 2. The van der Waals surface area contributed by atoms with E-state index < -0.39 is 54.1 Å². The van der Waals surface area contributed by atoms with E-state index in [1.807, 2.05) is 0 Å². The molecule has 3 N–H and O–H groups in total. The minimum absolute atomic E-state index is 0.0874. The van der Waals surface area contributed by atoms with Crippen LogP contribution in [0.15, 0.2) is 24.3 Å². The predicted octanol–water partition coefficient (Wildman–Crippen LogP) is -0.123. The maximum absolute atomic E-state index is 12.3. The number of nitrogens with one attached hydrogen (secondary N) is 1. The van der Waals surface area contributed by atoms with Crippen LogP contribution in [0.1, 0.15) is 10.4 Å². The minimum Gasteiger partial charge on any atom is -0.459 e. The highest BCUT2D eigenvalue weighted by Crippen LogP contribution is 2.23. The van der Waals surface area contributed by atoms with Crippen LogP contribution in [0.3, 0.4) is 0 Å². The third kappa shape index (κ3) is 4.90. The maximum Gasteiger partial charge on any atom is 0.471 e. The zero-order valence-electron chi connectivity index (χ0n) is 13.3. The smallest absolute Gasteiger partial charge is 0.459 e. The molecule has 13 heteroatoms. The van der Waals surface area contributed by atoms with E-state index >= 15 is 0 Å². The number of non-ortho nitro benzene ring substituents is 1. The van der Waals surface area contributed by atoms with Crippen LogP contribution in [0.2, 0.25) is 0 Å². The summed E-state index contributed by atoms with van der Waals surface area (Å²) in [6.45, 7) is -0.702. The standard InChI is InChI=1S/C14H13F3N2O8/c15-14(16,17)13(23)18-9-8(27-12(22)10(9)20)5-26-11(21)6-1-3-7(4-2-6)19(24)25/h1-4,8-10,12,20,22H,5H2,(H,18,23)/t8-,9+,10+,12-/m1/s1. The molecule has 2 rings (SSSR count). The van der Waals surface area contributed by atoms with Crippen LogP contribution in [0.25, 0.3) is 0 Å². The van der Waals surface area contributed by atoms with Crippen molar-refractivity contribution in [3.8, 4) is 0 Å². The van der Waals surface area contributed by atoms with Gasteiger partial charge in [0.05, 0.1) is 16.5 Å². The van der Waals surface area contributed by atoms with E-state index in [-0.39, 0.29) is 11.3 Å². The Bertz CT molecular complexity index is 724. The SMILES string of the molecule is O=C(OC[C@H]1O[C@@H](O)[C@@H](O)[C@H]1NC(=O)C(F)(F)F)c1ccc([N+](=O)[O-])cc1. The fourth-order valence-electron chi connectivity index (χ4n) is 2.26. The van der Waals surface area contributed by atoms with Crippen LogP contribution in [0.4, 0.5) is 18.9 Å². The molecule has 0 unspecified atom stereocenters. The van der Waals surface area contributed by atoms with Gasteiger partial charge in [0.2, 0.25) is 0 Å². The molecule has 0 saturated carbocycles. The summed E-state index contributed by atoms with van der Waals surface area (Å²) in [5, 5.41) is 31.1. The Hall–Kier alpha value is -2.77. The van der Waals surface area contributed by atoms with E-state index in [4.69, 9.17) is 9.47 Å². The van der Waals surface area contributed by atoms with E-state index in [1.54, 1.807) is 0 Å². The fourth-order valence-corrected chi connectivity index (χ4v) is 2.26. The van der Waals surface area contributed by atoms with Crippen molar-refractivity contribution in [3.63, 3.8) is 0 Å². The quantitative estimate of drug-likeness (QED) is 0.356. The Morgan fingerprint density at radius 1 is 1.26 bits per heavy atom. The first-order valence-corrected chi connectivity index (χ1v) is 7.31. The van der Waals surface area contributed by atoms with Crippen molar-refractivity contribution in [2.75, 3.05) is 6.61 Å². The van der Waals surface area contributed by atoms with Gasteiger partial charge >= 0.3 is 18.1 Å². The lowest BCUT2D eigenvalue weighted by Gasteiger charge is -2.21. The molecule has 0 aliphatic carbocycles. The number of carbonyl (C=O) groups excluding carboxylic acids is 2. The van der Waals surface area contributed by atoms with Gasteiger partial charge in [0.1, 0.15) is 18.8 Å². The van der Waals surface area contributed by atoms with Gasteiger partial charge in [-0.1, -0.05) is 0 Å². The van der Waals surface area contributed by atoms with Gasteiger partial charge in [0, 0.05) is 12.1 Å². The fraction of sp³-hybridized carbons (Fsp3) is 0.429. The molecule has 0 bridgehead atoms. The number of esters is 1. The van der Waals surface area contributed by atoms with Gasteiger partial charge < -0.3 is 25.0 Å². The van der Waals surface area contributed by atoms with Crippen molar-refractivity contribution in [2.45, 2.75) is 30.7 Å². The highest BCUT2D eigenvalue weighted by atomic mass is 19.4. The Morgan fingerprint density at radius 2 is 1.85 bits per heavy atom. The number of nitrogens with zero attached hydrogens (tertiary/aromatic N) is 1. The van der Waals surface area contributed by atoms with Crippen LogP contribution in [-0.2, 0) is 14.3 Å². The van der Waals surface area contributed by atoms with E-state index in [0.717, 1.165) is 24.3 Å². The molecule has 1 aliphatic heterocycles. The summed E-state index contributed by atoms with van der Waals surface area (Å²) < 4.78 is 46.7. The van der Waals surface area contributed by atoms with Crippen molar-refractivity contribution in [3.05, 3.63) is 39.9 Å². The number of carbonyl (C=O) groups is 2. The molecule has 1 aromatic carbocycles. The molecule has 27 heavy (non-hydrogen) atoms. The van der Waals surface area contributed by atoms with Gasteiger partial charge in [0.15, 0.2) is 6.29 Å². The largest absolute Gasteiger partial charge is 0.471 e. The predicted molar refractivity (Wildman–Crippen MR) is 78.3 cm³/mol. The summed E-state index contributed by atoms with van der Waals surface area (Å²) in [6, 6.07) is 2.61. The lowest BCUT2D eigenvalue weighted by Crippen LogP contribution is -2.52. The van der Waals surface area contributed by atoms with Crippen molar-refractivity contribution >= 4 is 17.6 Å². The van der Waals surface area contributed by atoms with Gasteiger partial charge in [-0.25, -0.2) is 4.79 Å². The zero-order valence-corrected chi connectivity index (χ0v) is 13.3. The highest BCUT2D eigenvalue weighted by Gasteiger charge is 2.48. The second-order valence-corrected chi connectivity index (χ2v) is 5.46. The normalized spacial score (nSPS) is 25.1. The number of benzene rings is 1. The summed E-state index contributed by atoms with van der Waals surface area (Å²) in [7, 11) is 0. The van der Waals surface area contributed by atoms with E-state index in [2.05, 4.69) is 0 Å². The first-order chi connectivity index (χ1) is 12.5. The third-order valence-electron chi connectivity index (χ3n) is 3.62. The maximum atomic E-state index is 12.3. The number of hydrogen-bond acceptors (Lipinski definition) is 8. The number of nitro benzene ring substituents is 1. The van der Waals surface area contributed by atoms with E-state index in [9.17, 15) is 43.1 Å². The molecule has 1 fully saturated rings. The number of rotatable bonds is 5. The lowest BCUT2D eigenvalue weighted by atomic mass is 10.1. The Balaban J connectivity index is 2.00. The second kappa shape index (κ2) is 7.85. The van der Waals surface area contributed by atoms with Crippen molar-refractivity contribution in [1.82, 2.24) is 5.32 Å². The molecule has 1 heterocycles. The van der Waals surface area contributed by atoms with Gasteiger partial charge in [0.25, 0.3) is 5.69 Å². The Morgan fingerprint density at radius 3 is 2.37 bits per heavy atom. The number of alkyl halides is 3. The Labute approximate surface area is 148 Å². The van der Waals surface area contributed by atoms with E-state index in [1.165, 1.54) is 5.32 Å². The first kappa shape index (κ1) is 20.5. The molecule has 1 amide bonds. The number of halogens is 3. The number of nitro groups is 1. The van der Waals surface area contributed by atoms with Crippen LogP contribution in [0, 0.1) is 10.1 Å². The molecule has 4 atom stereocenters. The number of hydrogen-bond donors (Lipinski definition) is 3. The molecule has 1 saturated heterocycles. The molecule has 0 spiro atoms. The van der Waals surface area contributed by atoms with Gasteiger partial charge in [-0.2, -0.15) is 13.2 Å². The topological polar surface area (TPSA) is 148 Å². The monoisotopic (exact) mass is 394 g/mol. The highest BCUT2D eigenvalue weighted by molar-refractivity contribution is 5.89. The Kier molecular flexibility index (Phi) is 5.98. The zero-order chi connectivity index (χ0) is 20.4. The lowest BCUT2D eigenvalue weighted by molar-refractivity contribution is -0.384. The molecular weight excluding hydrogens is 381 g/mol. The van der Waals surface area contributed by atoms with Gasteiger partial charge in [-0.15, -0.1) is 0 Å². The molecule has 0 radical (unpaired) electrons. The molecular formula is C14H13F3N2O8. The third-order valence-corrected chi connectivity index (χ3v) is 3.62. The van der Waals surface area contributed by atoms with Crippen molar-refractivity contribution in [1.29, 1.82) is 0 Å². The van der Waals surface area contributed by atoms with Crippen LogP contribution >= 0.6 is 0 Å². The molecule has 10 nitrogen and oxygen atoms in total. The number of aliphatic hydroxyl groups is 2. The average Bonchev–Trinajstić information content (AvgIpc) is 2.86. The first-order valence-electron chi connectivity index (χ1n) is 7.31. The molecule has 1 aliphatic rings. The van der Waals surface area contributed by atoms with E-state index in [0.29, 0.717) is 0 Å². The molecule has 1 aromatic rings. The minimum atomic E-state index is -5.23. The average molecular weight is 394 g/mol. The summed E-state index contributed by atoms with van der Waals surface area (Å²) >= 11 is 0. The number of ether oxygens (including phenoxy) is 2. The van der Waals surface area contributed by atoms with Gasteiger partial charge in [-0.3, -0.25) is 14.9 Å². The second-order valence-electron chi connectivity index (χ2n) is 5.46.